The third kappa shape index (κ3) is 5.29. The summed E-state index contributed by atoms with van der Waals surface area (Å²) in [6.45, 7) is 5.62. The van der Waals surface area contributed by atoms with Gasteiger partial charge in [0.15, 0.2) is 0 Å². The maximum absolute atomic E-state index is 8.76. The van der Waals surface area contributed by atoms with Crippen molar-refractivity contribution in [2.24, 2.45) is 0 Å². The fourth-order valence-corrected chi connectivity index (χ4v) is 1.02. The average Bonchev–Trinajstić information content (AvgIpc) is 2.10. The van der Waals surface area contributed by atoms with Gasteiger partial charge in [0, 0.05) is 6.04 Å². The third-order valence-electron chi connectivity index (χ3n) is 1.76. The van der Waals surface area contributed by atoms with Crippen molar-refractivity contribution in [3.8, 4) is 0 Å². The first kappa shape index (κ1) is 11.6. The molecule has 3 heteroatoms. The molecular weight excluding hydrogens is 154 g/mol. The van der Waals surface area contributed by atoms with Crippen molar-refractivity contribution in [2.75, 3.05) is 13.2 Å². The molecular formula is C9H19NO2. The Balaban J connectivity index is 3.50. The van der Waals surface area contributed by atoms with Gasteiger partial charge < -0.3 is 15.5 Å². The number of aliphatic hydroxyl groups is 2. The van der Waals surface area contributed by atoms with Gasteiger partial charge in [0.05, 0.1) is 19.3 Å². The monoisotopic (exact) mass is 173 g/mol. The van der Waals surface area contributed by atoms with E-state index in [4.69, 9.17) is 10.2 Å². The fourth-order valence-electron chi connectivity index (χ4n) is 1.02. The smallest absolute Gasteiger partial charge is 0.0607 e. The predicted octanol–water partition coefficient (Wildman–Crippen LogP) is 0.284. The molecule has 3 N–H and O–H groups in total. The molecule has 0 rings (SSSR count). The quantitative estimate of drug-likeness (QED) is 0.485. The SMILES string of the molecule is C=CCCC(C)NC(CO)CO. The van der Waals surface area contributed by atoms with Crippen LogP contribution >= 0.6 is 0 Å². The largest absolute Gasteiger partial charge is 0.395 e. The van der Waals surface area contributed by atoms with Gasteiger partial charge in [-0.05, 0) is 19.8 Å². The number of hydrogen-bond acceptors (Lipinski definition) is 3. The zero-order valence-corrected chi connectivity index (χ0v) is 7.66. The molecule has 72 valence electrons. The maximum atomic E-state index is 8.76. The van der Waals surface area contributed by atoms with Crippen molar-refractivity contribution in [3.05, 3.63) is 12.7 Å². The van der Waals surface area contributed by atoms with Crippen LogP contribution in [0.2, 0.25) is 0 Å². The van der Waals surface area contributed by atoms with Gasteiger partial charge in [0.1, 0.15) is 0 Å². The molecule has 0 aliphatic carbocycles. The Morgan fingerprint density at radius 2 is 2.00 bits per heavy atom. The molecule has 0 aliphatic rings. The minimum atomic E-state index is -0.190. The van der Waals surface area contributed by atoms with Gasteiger partial charge in [0.25, 0.3) is 0 Å². The Kier molecular flexibility index (Phi) is 7.05. The number of allylic oxidation sites excluding steroid dienone is 1. The van der Waals surface area contributed by atoms with Gasteiger partial charge in [-0.25, -0.2) is 0 Å². The zero-order chi connectivity index (χ0) is 9.40. The second-order valence-corrected chi connectivity index (χ2v) is 3.00. The summed E-state index contributed by atoms with van der Waals surface area (Å²) in [6, 6.07) is 0.122. The molecule has 0 aromatic carbocycles. The molecule has 0 fully saturated rings. The summed E-state index contributed by atoms with van der Waals surface area (Å²) in [6.07, 6.45) is 3.81. The van der Waals surface area contributed by atoms with Gasteiger partial charge in [0.2, 0.25) is 0 Å². The van der Waals surface area contributed by atoms with E-state index in [1.54, 1.807) is 0 Å². The second-order valence-electron chi connectivity index (χ2n) is 3.00. The van der Waals surface area contributed by atoms with Crippen molar-refractivity contribution in [1.82, 2.24) is 5.32 Å². The van der Waals surface area contributed by atoms with Crippen LogP contribution in [0.3, 0.4) is 0 Å². The van der Waals surface area contributed by atoms with Crippen LogP contribution in [0.25, 0.3) is 0 Å². The van der Waals surface area contributed by atoms with E-state index in [1.165, 1.54) is 0 Å². The summed E-state index contributed by atoms with van der Waals surface area (Å²) < 4.78 is 0. The molecule has 0 radical (unpaired) electrons. The number of rotatable bonds is 7. The summed E-state index contributed by atoms with van der Waals surface area (Å²) in [5, 5.41) is 20.6. The van der Waals surface area contributed by atoms with E-state index in [-0.39, 0.29) is 19.3 Å². The molecule has 0 aliphatic heterocycles. The molecule has 0 amide bonds. The highest BCUT2D eigenvalue weighted by Crippen LogP contribution is 1.97. The van der Waals surface area contributed by atoms with Gasteiger partial charge in [-0.3, -0.25) is 0 Å². The molecule has 0 saturated carbocycles. The molecule has 1 unspecified atom stereocenters. The summed E-state index contributed by atoms with van der Waals surface area (Å²) in [7, 11) is 0. The lowest BCUT2D eigenvalue weighted by molar-refractivity contribution is 0.162. The van der Waals surface area contributed by atoms with Crippen LogP contribution < -0.4 is 5.32 Å². The molecule has 3 nitrogen and oxygen atoms in total. The molecule has 0 saturated heterocycles. The van der Waals surface area contributed by atoms with Crippen molar-refractivity contribution in [1.29, 1.82) is 0 Å². The Bertz CT molecular complexity index is 113. The normalized spacial score (nSPS) is 13.3. The molecule has 0 spiro atoms. The number of aliphatic hydroxyl groups excluding tert-OH is 2. The molecule has 0 bridgehead atoms. The molecule has 0 aromatic heterocycles. The predicted molar refractivity (Wildman–Crippen MR) is 50.0 cm³/mol. The summed E-state index contributed by atoms with van der Waals surface area (Å²) in [4.78, 5) is 0. The standard InChI is InChI=1S/C9H19NO2/c1-3-4-5-8(2)10-9(6-11)7-12/h3,8-12H,1,4-7H2,2H3. The van der Waals surface area contributed by atoms with Crippen molar-refractivity contribution in [2.45, 2.75) is 31.8 Å². The van der Waals surface area contributed by atoms with Crippen molar-refractivity contribution in [3.63, 3.8) is 0 Å². The Hall–Kier alpha value is -0.380. The van der Waals surface area contributed by atoms with E-state index < -0.39 is 0 Å². The highest BCUT2D eigenvalue weighted by atomic mass is 16.3. The van der Waals surface area contributed by atoms with Crippen molar-refractivity contribution >= 4 is 0 Å². The summed E-state index contributed by atoms with van der Waals surface area (Å²) in [5.41, 5.74) is 0. The number of nitrogens with one attached hydrogen (secondary N) is 1. The van der Waals surface area contributed by atoms with E-state index in [0.717, 1.165) is 12.8 Å². The van der Waals surface area contributed by atoms with Crippen LogP contribution in [0.4, 0.5) is 0 Å². The van der Waals surface area contributed by atoms with E-state index in [1.807, 2.05) is 13.0 Å². The Morgan fingerprint density at radius 1 is 1.42 bits per heavy atom. The minimum absolute atomic E-state index is 0.0189. The van der Waals surface area contributed by atoms with Gasteiger partial charge in [-0.15, -0.1) is 6.58 Å². The van der Waals surface area contributed by atoms with E-state index >= 15 is 0 Å². The highest BCUT2D eigenvalue weighted by Gasteiger charge is 2.08. The van der Waals surface area contributed by atoms with E-state index in [0.29, 0.717) is 6.04 Å². The minimum Gasteiger partial charge on any atom is -0.395 e. The lowest BCUT2D eigenvalue weighted by Crippen LogP contribution is -2.41. The topological polar surface area (TPSA) is 52.5 Å². The van der Waals surface area contributed by atoms with Crippen LogP contribution in [0.5, 0.6) is 0 Å². The maximum Gasteiger partial charge on any atom is 0.0607 e. The highest BCUT2D eigenvalue weighted by molar-refractivity contribution is 4.74. The summed E-state index contributed by atoms with van der Waals surface area (Å²) in [5.74, 6) is 0. The molecule has 1 atom stereocenters. The fraction of sp³-hybridized carbons (Fsp3) is 0.778. The van der Waals surface area contributed by atoms with Crippen LogP contribution in [-0.4, -0.2) is 35.5 Å². The van der Waals surface area contributed by atoms with Gasteiger partial charge in [-0.1, -0.05) is 6.08 Å². The lowest BCUT2D eigenvalue weighted by atomic mass is 10.1. The second kappa shape index (κ2) is 7.28. The van der Waals surface area contributed by atoms with Gasteiger partial charge in [-0.2, -0.15) is 0 Å². The van der Waals surface area contributed by atoms with Crippen LogP contribution in [0, 0.1) is 0 Å². The lowest BCUT2D eigenvalue weighted by Gasteiger charge is -2.19. The van der Waals surface area contributed by atoms with E-state index in [2.05, 4.69) is 11.9 Å². The van der Waals surface area contributed by atoms with Gasteiger partial charge >= 0.3 is 0 Å². The van der Waals surface area contributed by atoms with Crippen molar-refractivity contribution < 1.29 is 10.2 Å². The Morgan fingerprint density at radius 3 is 2.42 bits per heavy atom. The van der Waals surface area contributed by atoms with Crippen LogP contribution in [-0.2, 0) is 0 Å². The molecule has 0 heterocycles. The third-order valence-corrected chi connectivity index (χ3v) is 1.76. The van der Waals surface area contributed by atoms with Crippen LogP contribution in [0.15, 0.2) is 12.7 Å². The first-order chi connectivity index (χ1) is 5.74. The molecule has 0 aromatic rings. The first-order valence-electron chi connectivity index (χ1n) is 4.33. The first-order valence-corrected chi connectivity index (χ1v) is 4.33. The van der Waals surface area contributed by atoms with Crippen LogP contribution in [0.1, 0.15) is 19.8 Å². The zero-order valence-electron chi connectivity index (χ0n) is 7.66. The average molecular weight is 173 g/mol. The molecule has 12 heavy (non-hydrogen) atoms. The van der Waals surface area contributed by atoms with E-state index in [9.17, 15) is 0 Å². The summed E-state index contributed by atoms with van der Waals surface area (Å²) >= 11 is 0. The Labute approximate surface area is 74.1 Å². The number of hydrogen-bond donors (Lipinski definition) is 3.